The Bertz CT molecular complexity index is 428. The Labute approximate surface area is 114 Å². The normalized spacial score (nSPS) is 18.2. The highest BCUT2D eigenvalue weighted by atomic mass is 16.5. The first-order valence-corrected chi connectivity index (χ1v) is 7.07. The van der Waals surface area contributed by atoms with E-state index >= 15 is 0 Å². The minimum atomic E-state index is -0.681. The lowest BCUT2D eigenvalue weighted by atomic mass is 9.85. The van der Waals surface area contributed by atoms with E-state index in [1.54, 1.807) is 0 Å². The lowest BCUT2D eigenvalue weighted by Crippen LogP contribution is -2.46. The topological polar surface area (TPSA) is 35.5 Å². The van der Waals surface area contributed by atoms with Crippen LogP contribution < -0.4 is 0 Å². The van der Waals surface area contributed by atoms with Gasteiger partial charge in [0.25, 0.3) is 0 Å². The van der Waals surface area contributed by atoms with Crippen LogP contribution in [0.1, 0.15) is 42.6 Å². The summed E-state index contributed by atoms with van der Waals surface area (Å²) in [4.78, 5) is 12.8. The van der Waals surface area contributed by atoms with Gasteiger partial charge in [-0.1, -0.05) is 25.1 Å². The average molecular weight is 262 g/mol. The average Bonchev–Trinajstić information content (AvgIpc) is 2.48. The van der Waals surface area contributed by atoms with E-state index in [-0.39, 0.29) is 5.78 Å². The van der Waals surface area contributed by atoms with Crippen molar-refractivity contribution in [3.63, 3.8) is 0 Å². The highest BCUT2D eigenvalue weighted by Gasteiger charge is 2.41. The van der Waals surface area contributed by atoms with E-state index in [4.69, 9.17) is 9.47 Å². The molecule has 0 amide bonds. The predicted octanol–water partition coefficient (Wildman–Crippen LogP) is 3.02. The predicted molar refractivity (Wildman–Crippen MR) is 74.6 cm³/mol. The van der Waals surface area contributed by atoms with Crippen molar-refractivity contribution in [1.82, 2.24) is 0 Å². The number of benzene rings is 1. The highest BCUT2D eigenvalue weighted by molar-refractivity contribution is 6.02. The van der Waals surface area contributed by atoms with Gasteiger partial charge < -0.3 is 9.47 Å². The number of aryl methyl sites for hydroxylation is 1. The van der Waals surface area contributed by atoms with Gasteiger partial charge in [-0.25, -0.2) is 0 Å². The number of hydrogen-bond donors (Lipinski definition) is 0. The van der Waals surface area contributed by atoms with Gasteiger partial charge in [-0.3, -0.25) is 4.79 Å². The minimum Gasteiger partial charge on any atom is -0.381 e. The quantitative estimate of drug-likeness (QED) is 0.765. The second-order valence-corrected chi connectivity index (χ2v) is 4.92. The molecule has 1 aliphatic rings. The Balaban J connectivity index is 2.27. The molecule has 0 N–H and O–H groups in total. The molecule has 0 saturated carbocycles. The first kappa shape index (κ1) is 14.2. The van der Waals surface area contributed by atoms with Crippen LogP contribution in [0.25, 0.3) is 0 Å². The van der Waals surface area contributed by atoms with E-state index in [0.717, 1.165) is 12.0 Å². The van der Waals surface area contributed by atoms with Crippen molar-refractivity contribution in [3.05, 3.63) is 35.4 Å². The number of Topliss-reactive ketones (excluding diaryl/α,β-unsaturated/α-hetero) is 1. The lowest BCUT2D eigenvalue weighted by molar-refractivity contribution is -0.0822. The Morgan fingerprint density at radius 2 is 2.05 bits per heavy atom. The Morgan fingerprint density at radius 3 is 2.68 bits per heavy atom. The van der Waals surface area contributed by atoms with Gasteiger partial charge in [-0.05, 0) is 25.0 Å². The van der Waals surface area contributed by atoms with Crippen molar-refractivity contribution in [2.75, 3.05) is 19.8 Å². The zero-order valence-electron chi connectivity index (χ0n) is 11.8. The summed E-state index contributed by atoms with van der Waals surface area (Å²) in [5, 5.41) is 0. The van der Waals surface area contributed by atoms with E-state index in [0.29, 0.717) is 32.7 Å². The van der Waals surface area contributed by atoms with Crippen LogP contribution in [-0.2, 0) is 15.9 Å². The first-order valence-electron chi connectivity index (χ1n) is 7.07. The van der Waals surface area contributed by atoms with Crippen LogP contribution in [0, 0.1) is 0 Å². The summed E-state index contributed by atoms with van der Waals surface area (Å²) in [6, 6.07) is 7.87. The van der Waals surface area contributed by atoms with Crippen LogP contribution >= 0.6 is 0 Å². The highest BCUT2D eigenvalue weighted by Crippen LogP contribution is 2.29. The number of ketones is 1. The van der Waals surface area contributed by atoms with E-state index in [9.17, 15) is 4.79 Å². The molecule has 0 aliphatic carbocycles. The maximum atomic E-state index is 12.8. The molecule has 0 spiro atoms. The molecular formula is C16H22O3. The molecule has 104 valence electrons. The van der Waals surface area contributed by atoms with Gasteiger partial charge in [0.15, 0.2) is 5.78 Å². The van der Waals surface area contributed by atoms with Crippen LogP contribution in [0.5, 0.6) is 0 Å². The van der Waals surface area contributed by atoms with Crippen molar-refractivity contribution < 1.29 is 14.3 Å². The number of carbonyl (C=O) groups is 1. The smallest absolute Gasteiger partial charge is 0.194 e. The first-order chi connectivity index (χ1) is 9.22. The summed E-state index contributed by atoms with van der Waals surface area (Å²) in [7, 11) is 0. The maximum absolute atomic E-state index is 12.8. The maximum Gasteiger partial charge on any atom is 0.194 e. The number of hydrogen-bond acceptors (Lipinski definition) is 3. The summed E-state index contributed by atoms with van der Waals surface area (Å²) in [5.74, 6) is 0.105. The second kappa shape index (κ2) is 6.31. The molecule has 0 atom stereocenters. The van der Waals surface area contributed by atoms with E-state index < -0.39 is 5.60 Å². The van der Waals surface area contributed by atoms with Crippen LogP contribution in [-0.4, -0.2) is 31.2 Å². The van der Waals surface area contributed by atoms with Gasteiger partial charge in [-0.2, -0.15) is 0 Å². The van der Waals surface area contributed by atoms with Crippen LogP contribution in [0.4, 0.5) is 0 Å². The van der Waals surface area contributed by atoms with Crippen LogP contribution in [0.2, 0.25) is 0 Å². The molecule has 1 aliphatic heterocycles. The Morgan fingerprint density at radius 1 is 1.32 bits per heavy atom. The molecule has 1 aromatic carbocycles. The van der Waals surface area contributed by atoms with Crippen molar-refractivity contribution in [2.24, 2.45) is 0 Å². The summed E-state index contributed by atoms with van der Waals surface area (Å²) >= 11 is 0. The van der Waals surface area contributed by atoms with Gasteiger partial charge in [-0.15, -0.1) is 0 Å². The third kappa shape index (κ3) is 3.04. The van der Waals surface area contributed by atoms with Crippen LogP contribution in [0.3, 0.4) is 0 Å². The fraction of sp³-hybridized carbons (Fsp3) is 0.562. The van der Waals surface area contributed by atoms with Crippen LogP contribution in [0.15, 0.2) is 24.3 Å². The summed E-state index contributed by atoms with van der Waals surface area (Å²) in [6.45, 7) is 5.78. The zero-order chi connectivity index (χ0) is 13.7. The summed E-state index contributed by atoms with van der Waals surface area (Å²) in [6.07, 6.45) is 2.23. The molecule has 1 aromatic rings. The summed E-state index contributed by atoms with van der Waals surface area (Å²) in [5.41, 5.74) is 1.26. The Hall–Kier alpha value is -1.19. The van der Waals surface area contributed by atoms with Crippen molar-refractivity contribution in [2.45, 2.75) is 38.7 Å². The monoisotopic (exact) mass is 262 g/mol. The molecule has 0 bridgehead atoms. The fourth-order valence-electron chi connectivity index (χ4n) is 2.61. The molecule has 2 rings (SSSR count). The molecule has 0 unspecified atom stereocenters. The van der Waals surface area contributed by atoms with Crippen molar-refractivity contribution in [1.29, 1.82) is 0 Å². The SMILES string of the molecule is CCOC1(C(=O)c2cccc(CC)c2)CCOCC1. The molecule has 0 aromatic heterocycles. The van der Waals surface area contributed by atoms with E-state index in [1.807, 2.05) is 31.2 Å². The Kier molecular flexibility index (Phi) is 4.72. The van der Waals surface area contributed by atoms with Gasteiger partial charge in [0, 0.05) is 38.2 Å². The summed E-state index contributed by atoms with van der Waals surface area (Å²) < 4.78 is 11.2. The molecule has 1 saturated heterocycles. The third-order valence-corrected chi connectivity index (χ3v) is 3.73. The lowest BCUT2D eigenvalue weighted by Gasteiger charge is -2.35. The van der Waals surface area contributed by atoms with Gasteiger partial charge >= 0.3 is 0 Å². The van der Waals surface area contributed by atoms with Crippen molar-refractivity contribution in [3.8, 4) is 0 Å². The molecule has 3 nitrogen and oxygen atoms in total. The van der Waals surface area contributed by atoms with E-state index in [2.05, 4.69) is 6.92 Å². The standard InChI is InChI=1S/C16H22O3/c1-3-13-6-5-7-14(12-13)15(17)16(19-4-2)8-10-18-11-9-16/h5-7,12H,3-4,8-11H2,1-2H3. The molecule has 1 heterocycles. The minimum absolute atomic E-state index is 0.105. The molecule has 0 radical (unpaired) electrons. The number of carbonyl (C=O) groups excluding carboxylic acids is 1. The fourth-order valence-corrected chi connectivity index (χ4v) is 2.61. The molecular weight excluding hydrogens is 240 g/mol. The van der Waals surface area contributed by atoms with Gasteiger partial charge in [0.1, 0.15) is 5.60 Å². The second-order valence-electron chi connectivity index (χ2n) is 4.92. The zero-order valence-corrected chi connectivity index (χ0v) is 11.8. The number of ether oxygens (including phenoxy) is 2. The molecule has 3 heteroatoms. The molecule has 19 heavy (non-hydrogen) atoms. The largest absolute Gasteiger partial charge is 0.381 e. The molecule has 1 fully saturated rings. The van der Waals surface area contributed by atoms with E-state index in [1.165, 1.54) is 5.56 Å². The van der Waals surface area contributed by atoms with Crippen molar-refractivity contribution >= 4 is 5.78 Å². The number of rotatable bonds is 5. The third-order valence-electron chi connectivity index (χ3n) is 3.73. The van der Waals surface area contributed by atoms with Gasteiger partial charge in [0.2, 0.25) is 0 Å². The van der Waals surface area contributed by atoms with Gasteiger partial charge in [0.05, 0.1) is 0 Å².